The summed E-state index contributed by atoms with van der Waals surface area (Å²) < 4.78 is 0. The van der Waals surface area contributed by atoms with Gasteiger partial charge in [0.1, 0.15) is 0 Å². The van der Waals surface area contributed by atoms with Crippen LogP contribution >= 0.6 is 0 Å². The third-order valence-electron chi connectivity index (χ3n) is 3.35. The lowest BCUT2D eigenvalue weighted by Gasteiger charge is -2.25. The van der Waals surface area contributed by atoms with Crippen molar-refractivity contribution >= 4 is 6.08 Å². The van der Waals surface area contributed by atoms with Gasteiger partial charge in [-0.15, -0.1) is 0 Å². The summed E-state index contributed by atoms with van der Waals surface area (Å²) in [6.45, 7) is 6.61. The molecule has 1 aliphatic rings. The second-order valence-electron chi connectivity index (χ2n) is 4.80. The molecule has 1 aliphatic carbocycles. The second kappa shape index (κ2) is 4.14. The number of hydrogen-bond donors (Lipinski definition) is 0. The van der Waals surface area contributed by atoms with Gasteiger partial charge in [0.25, 0.3) is 0 Å². The fourth-order valence-corrected chi connectivity index (χ4v) is 1.71. The molecular formula is C15H17N. The van der Waals surface area contributed by atoms with Crippen LogP contribution in [0.5, 0.6) is 0 Å². The molecule has 0 aromatic carbocycles. The van der Waals surface area contributed by atoms with Crippen molar-refractivity contribution < 1.29 is 0 Å². The van der Waals surface area contributed by atoms with E-state index >= 15 is 0 Å². The smallest absolute Gasteiger partial charge is 0.0668 e. The van der Waals surface area contributed by atoms with E-state index in [2.05, 4.69) is 55.8 Å². The first-order chi connectivity index (χ1) is 7.62. The van der Waals surface area contributed by atoms with Crippen molar-refractivity contribution in [1.29, 1.82) is 0 Å². The molecule has 1 atom stereocenters. The van der Waals surface area contributed by atoms with Gasteiger partial charge in [0.2, 0.25) is 0 Å². The Morgan fingerprint density at radius 1 is 1.44 bits per heavy atom. The first-order valence-corrected chi connectivity index (χ1v) is 5.75. The van der Waals surface area contributed by atoms with Gasteiger partial charge in [-0.2, -0.15) is 0 Å². The Balaban J connectivity index is 2.44. The zero-order valence-electron chi connectivity index (χ0n) is 10.1. The number of aromatic nitrogens is 1. The molecule has 1 heteroatoms. The van der Waals surface area contributed by atoms with E-state index in [0.29, 0.717) is 5.92 Å². The van der Waals surface area contributed by atoms with Crippen molar-refractivity contribution in [3.8, 4) is 11.8 Å². The minimum absolute atomic E-state index is 0.0325. The molecule has 0 saturated carbocycles. The van der Waals surface area contributed by atoms with Gasteiger partial charge < -0.3 is 0 Å². The van der Waals surface area contributed by atoms with Crippen LogP contribution in [-0.2, 0) is 6.42 Å². The second-order valence-corrected chi connectivity index (χ2v) is 4.80. The Morgan fingerprint density at radius 3 is 3.00 bits per heavy atom. The van der Waals surface area contributed by atoms with Gasteiger partial charge in [-0.1, -0.05) is 37.8 Å². The van der Waals surface area contributed by atoms with E-state index in [1.54, 1.807) is 0 Å². The van der Waals surface area contributed by atoms with Crippen LogP contribution in [0.15, 0.2) is 24.4 Å². The highest BCUT2D eigenvalue weighted by Crippen LogP contribution is 2.29. The van der Waals surface area contributed by atoms with Crippen molar-refractivity contribution in [3.63, 3.8) is 0 Å². The van der Waals surface area contributed by atoms with Gasteiger partial charge in [-0.25, -0.2) is 0 Å². The lowest BCUT2D eigenvalue weighted by molar-refractivity contribution is 0.401. The van der Waals surface area contributed by atoms with Crippen molar-refractivity contribution in [2.24, 2.45) is 11.3 Å². The van der Waals surface area contributed by atoms with Gasteiger partial charge >= 0.3 is 0 Å². The SMILES string of the molecule is CC(C)C1(C)C#CCc2cccnc2/C=C\1. The quantitative estimate of drug-likeness (QED) is 0.649. The van der Waals surface area contributed by atoms with Crippen molar-refractivity contribution in [2.45, 2.75) is 27.2 Å². The summed E-state index contributed by atoms with van der Waals surface area (Å²) in [5.41, 5.74) is 2.25. The zero-order valence-corrected chi connectivity index (χ0v) is 10.1. The van der Waals surface area contributed by atoms with Gasteiger partial charge in [-0.05, 0) is 30.5 Å². The number of rotatable bonds is 1. The third-order valence-corrected chi connectivity index (χ3v) is 3.35. The Kier molecular flexibility index (Phi) is 2.83. The lowest BCUT2D eigenvalue weighted by Crippen LogP contribution is -2.19. The Morgan fingerprint density at radius 2 is 2.25 bits per heavy atom. The van der Waals surface area contributed by atoms with Crippen LogP contribution in [0.25, 0.3) is 6.08 Å². The Hall–Kier alpha value is -1.55. The van der Waals surface area contributed by atoms with Crippen LogP contribution in [0.1, 0.15) is 32.0 Å². The van der Waals surface area contributed by atoms with Crippen molar-refractivity contribution in [2.75, 3.05) is 0 Å². The number of fused-ring (bicyclic) bond motifs is 1. The standard InChI is InChI=1S/C15H17N/c1-12(2)15(3)9-4-6-13-7-5-11-16-14(13)8-10-15/h5,7-8,10-12H,6H2,1-3H3/b10-8-. The Bertz CT molecular complexity index is 474. The van der Waals surface area contributed by atoms with E-state index in [-0.39, 0.29) is 5.41 Å². The van der Waals surface area contributed by atoms with E-state index in [1.807, 2.05) is 12.3 Å². The zero-order chi connectivity index (χ0) is 11.6. The molecule has 16 heavy (non-hydrogen) atoms. The summed E-state index contributed by atoms with van der Waals surface area (Å²) in [5.74, 6) is 7.16. The van der Waals surface area contributed by atoms with Crippen molar-refractivity contribution in [1.82, 2.24) is 4.98 Å². The fourth-order valence-electron chi connectivity index (χ4n) is 1.71. The maximum atomic E-state index is 4.39. The average Bonchev–Trinajstić information content (AvgIpc) is 2.25. The summed E-state index contributed by atoms with van der Waals surface area (Å²) in [7, 11) is 0. The van der Waals surface area contributed by atoms with E-state index in [9.17, 15) is 0 Å². The van der Waals surface area contributed by atoms with Crippen LogP contribution in [0.2, 0.25) is 0 Å². The number of pyridine rings is 1. The maximum absolute atomic E-state index is 4.39. The molecule has 82 valence electrons. The first kappa shape index (κ1) is 11.0. The lowest BCUT2D eigenvalue weighted by atomic mass is 9.78. The van der Waals surface area contributed by atoms with Crippen molar-refractivity contribution in [3.05, 3.63) is 35.7 Å². The van der Waals surface area contributed by atoms with E-state index in [4.69, 9.17) is 0 Å². The molecule has 0 bridgehead atoms. The first-order valence-electron chi connectivity index (χ1n) is 5.75. The van der Waals surface area contributed by atoms with Crippen LogP contribution in [0.4, 0.5) is 0 Å². The molecule has 1 heterocycles. The van der Waals surface area contributed by atoms with Gasteiger partial charge in [0.15, 0.2) is 0 Å². The molecule has 0 amide bonds. The summed E-state index contributed by atoms with van der Waals surface area (Å²) in [5, 5.41) is 0. The fraction of sp³-hybridized carbons (Fsp3) is 0.400. The topological polar surface area (TPSA) is 12.9 Å². The minimum atomic E-state index is -0.0325. The van der Waals surface area contributed by atoms with Gasteiger partial charge in [-0.3, -0.25) is 4.98 Å². The average molecular weight is 211 g/mol. The van der Waals surface area contributed by atoms with Gasteiger partial charge in [0, 0.05) is 18.0 Å². The van der Waals surface area contributed by atoms with E-state index in [0.717, 1.165) is 12.1 Å². The molecule has 0 N–H and O–H groups in total. The molecule has 1 aromatic rings. The molecule has 0 aliphatic heterocycles. The third kappa shape index (κ3) is 2.02. The molecular weight excluding hydrogens is 194 g/mol. The van der Waals surface area contributed by atoms with E-state index in [1.165, 1.54) is 5.56 Å². The number of nitrogens with zero attached hydrogens (tertiary/aromatic N) is 1. The molecule has 1 aromatic heterocycles. The number of allylic oxidation sites excluding steroid dienone is 1. The number of hydrogen-bond acceptors (Lipinski definition) is 1. The maximum Gasteiger partial charge on any atom is 0.0668 e. The molecule has 1 unspecified atom stereocenters. The predicted octanol–water partition coefficient (Wildman–Crippen LogP) is 3.32. The Labute approximate surface area is 97.6 Å². The van der Waals surface area contributed by atoms with Gasteiger partial charge in [0.05, 0.1) is 5.69 Å². The minimum Gasteiger partial charge on any atom is -0.257 e. The predicted molar refractivity (Wildman–Crippen MR) is 67.7 cm³/mol. The normalized spacial score (nSPS) is 25.0. The molecule has 0 fully saturated rings. The molecule has 2 rings (SSSR count). The van der Waals surface area contributed by atoms with Crippen LogP contribution in [-0.4, -0.2) is 4.98 Å². The largest absolute Gasteiger partial charge is 0.257 e. The molecule has 0 spiro atoms. The van der Waals surface area contributed by atoms with Crippen LogP contribution in [0.3, 0.4) is 0 Å². The summed E-state index contributed by atoms with van der Waals surface area (Å²) in [6.07, 6.45) is 6.94. The molecule has 0 saturated heterocycles. The van der Waals surface area contributed by atoms with Crippen LogP contribution < -0.4 is 0 Å². The summed E-state index contributed by atoms with van der Waals surface area (Å²) in [4.78, 5) is 4.39. The highest BCUT2D eigenvalue weighted by Gasteiger charge is 2.23. The van der Waals surface area contributed by atoms with Crippen LogP contribution in [0, 0.1) is 23.2 Å². The van der Waals surface area contributed by atoms with E-state index < -0.39 is 0 Å². The monoisotopic (exact) mass is 211 g/mol. The highest BCUT2D eigenvalue weighted by molar-refractivity contribution is 5.53. The highest BCUT2D eigenvalue weighted by atomic mass is 14.7. The molecule has 1 nitrogen and oxygen atoms in total. The summed E-state index contributed by atoms with van der Waals surface area (Å²) in [6, 6.07) is 4.07. The summed E-state index contributed by atoms with van der Waals surface area (Å²) >= 11 is 0. The molecule has 0 radical (unpaired) electrons.